The summed E-state index contributed by atoms with van der Waals surface area (Å²) in [5.41, 5.74) is 4.46. The van der Waals surface area contributed by atoms with Crippen LogP contribution < -0.4 is 19.6 Å². The van der Waals surface area contributed by atoms with Crippen LogP contribution in [0.5, 0.6) is 17.2 Å². The van der Waals surface area contributed by atoms with E-state index in [9.17, 15) is 4.79 Å². The Hall–Kier alpha value is -3.22. The molecule has 126 valence electrons. The van der Waals surface area contributed by atoms with Gasteiger partial charge >= 0.3 is 5.97 Å². The molecule has 0 aromatic heterocycles. The normalized spacial score (nSPS) is 10.5. The first-order chi connectivity index (χ1) is 11.6. The number of hydrogen-bond acceptors (Lipinski definition) is 6. The third kappa shape index (κ3) is 3.95. The van der Waals surface area contributed by atoms with E-state index in [-0.39, 0.29) is 5.56 Å². The first kappa shape index (κ1) is 17.1. The molecule has 24 heavy (non-hydrogen) atoms. The highest BCUT2D eigenvalue weighted by atomic mass is 16.5. The maximum absolute atomic E-state index is 10.8. The van der Waals surface area contributed by atoms with E-state index in [0.29, 0.717) is 22.9 Å². The summed E-state index contributed by atoms with van der Waals surface area (Å²) in [4.78, 5) is 10.8. The van der Waals surface area contributed by atoms with Crippen LogP contribution >= 0.6 is 0 Å². The summed E-state index contributed by atoms with van der Waals surface area (Å²) in [5, 5.41) is 13.0. The molecule has 0 amide bonds. The van der Waals surface area contributed by atoms with Crippen molar-refractivity contribution in [3.63, 3.8) is 0 Å². The summed E-state index contributed by atoms with van der Waals surface area (Å²) in [5.74, 6) is 0.602. The minimum atomic E-state index is -0.970. The van der Waals surface area contributed by atoms with Crippen LogP contribution in [-0.2, 0) is 0 Å². The maximum atomic E-state index is 10.8. The Morgan fingerprint density at radius 2 is 1.62 bits per heavy atom. The van der Waals surface area contributed by atoms with Gasteiger partial charge in [0.15, 0.2) is 11.5 Å². The maximum Gasteiger partial charge on any atom is 0.335 e. The average Bonchev–Trinajstić information content (AvgIpc) is 2.61. The number of carboxylic acid groups (broad SMARTS) is 1. The Kier molecular flexibility index (Phi) is 5.62. The lowest BCUT2D eigenvalue weighted by Gasteiger charge is -2.12. The van der Waals surface area contributed by atoms with E-state index >= 15 is 0 Å². The molecule has 0 spiro atoms. The van der Waals surface area contributed by atoms with Gasteiger partial charge in [-0.2, -0.15) is 5.10 Å². The smallest absolute Gasteiger partial charge is 0.335 e. The largest absolute Gasteiger partial charge is 0.493 e. The van der Waals surface area contributed by atoms with Gasteiger partial charge in [0.1, 0.15) is 0 Å². The van der Waals surface area contributed by atoms with Crippen LogP contribution in [0, 0.1) is 0 Å². The number of methoxy groups -OCH3 is 3. The van der Waals surface area contributed by atoms with Crippen LogP contribution in [0.1, 0.15) is 15.9 Å². The molecular formula is C17H18N2O5. The van der Waals surface area contributed by atoms with Gasteiger partial charge in [-0.25, -0.2) is 4.79 Å². The first-order valence-electron chi connectivity index (χ1n) is 7.01. The van der Waals surface area contributed by atoms with Crippen LogP contribution in [0.4, 0.5) is 5.69 Å². The van der Waals surface area contributed by atoms with Gasteiger partial charge in [0.05, 0.1) is 38.8 Å². The van der Waals surface area contributed by atoms with Crippen LogP contribution in [0.25, 0.3) is 0 Å². The van der Waals surface area contributed by atoms with Gasteiger partial charge in [-0.3, -0.25) is 5.43 Å². The van der Waals surface area contributed by atoms with E-state index in [2.05, 4.69) is 10.5 Å². The lowest BCUT2D eigenvalue weighted by atomic mass is 10.2. The molecule has 0 atom stereocenters. The van der Waals surface area contributed by atoms with E-state index in [4.69, 9.17) is 19.3 Å². The van der Waals surface area contributed by atoms with Crippen LogP contribution in [0.3, 0.4) is 0 Å². The molecule has 0 aliphatic rings. The summed E-state index contributed by atoms with van der Waals surface area (Å²) >= 11 is 0. The molecule has 0 radical (unpaired) electrons. The molecule has 0 aliphatic carbocycles. The van der Waals surface area contributed by atoms with Crippen molar-refractivity contribution in [3.05, 3.63) is 47.5 Å². The second-order valence-electron chi connectivity index (χ2n) is 4.71. The Morgan fingerprint density at radius 1 is 1.04 bits per heavy atom. The van der Waals surface area contributed by atoms with Crippen molar-refractivity contribution in [2.45, 2.75) is 0 Å². The lowest BCUT2D eigenvalue weighted by molar-refractivity contribution is 0.0697. The van der Waals surface area contributed by atoms with E-state index in [1.54, 1.807) is 44.7 Å². The van der Waals surface area contributed by atoms with Crippen molar-refractivity contribution in [2.75, 3.05) is 26.8 Å². The molecule has 0 bridgehead atoms. The zero-order valence-corrected chi connectivity index (χ0v) is 13.6. The van der Waals surface area contributed by atoms with E-state index < -0.39 is 5.97 Å². The monoisotopic (exact) mass is 330 g/mol. The van der Waals surface area contributed by atoms with Crippen molar-refractivity contribution >= 4 is 17.9 Å². The van der Waals surface area contributed by atoms with Gasteiger partial charge < -0.3 is 19.3 Å². The number of hydrogen-bond donors (Lipinski definition) is 2. The fourth-order valence-corrected chi connectivity index (χ4v) is 2.04. The quantitative estimate of drug-likeness (QED) is 0.599. The third-order valence-electron chi connectivity index (χ3n) is 3.23. The van der Waals surface area contributed by atoms with Gasteiger partial charge in [0.2, 0.25) is 5.75 Å². The van der Waals surface area contributed by atoms with E-state index in [1.165, 1.54) is 19.2 Å². The summed E-state index contributed by atoms with van der Waals surface area (Å²) < 4.78 is 15.8. The Bertz CT molecular complexity index is 716. The number of aromatic carboxylic acids is 1. The molecular weight excluding hydrogens is 312 g/mol. The van der Waals surface area contributed by atoms with Gasteiger partial charge in [0, 0.05) is 5.56 Å². The minimum Gasteiger partial charge on any atom is -0.493 e. The molecule has 0 unspecified atom stereocenters. The molecule has 0 fully saturated rings. The SMILES string of the molecule is COc1cc(/C=N/Nc2ccc(C(=O)O)cc2)cc(OC)c1OC. The molecule has 0 saturated heterocycles. The zero-order chi connectivity index (χ0) is 17.5. The standard InChI is InChI=1S/C17H18N2O5/c1-22-14-8-11(9-15(23-2)16(14)24-3)10-18-19-13-6-4-12(5-7-13)17(20)21/h4-10,19H,1-3H3,(H,20,21)/b18-10+. The second-order valence-corrected chi connectivity index (χ2v) is 4.71. The van der Waals surface area contributed by atoms with Gasteiger partial charge in [-0.15, -0.1) is 0 Å². The number of rotatable bonds is 7. The van der Waals surface area contributed by atoms with Gasteiger partial charge in [0.25, 0.3) is 0 Å². The molecule has 2 rings (SSSR count). The van der Waals surface area contributed by atoms with E-state index in [0.717, 1.165) is 5.56 Å². The number of nitrogens with one attached hydrogen (secondary N) is 1. The highest BCUT2D eigenvalue weighted by Crippen LogP contribution is 2.37. The number of carboxylic acids is 1. The van der Waals surface area contributed by atoms with Gasteiger partial charge in [-0.05, 0) is 36.4 Å². The fraction of sp³-hybridized carbons (Fsp3) is 0.176. The molecule has 7 nitrogen and oxygen atoms in total. The minimum absolute atomic E-state index is 0.217. The summed E-state index contributed by atoms with van der Waals surface area (Å²) in [6.45, 7) is 0. The zero-order valence-electron chi connectivity index (χ0n) is 13.6. The summed E-state index contributed by atoms with van der Waals surface area (Å²) in [6, 6.07) is 9.80. The molecule has 2 aromatic rings. The van der Waals surface area contributed by atoms with Crippen molar-refractivity contribution in [2.24, 2.45) is 5.10 Å². The number of hydrazone groups is 1. The Labute approximate surface area is 139 Å². The predicted octanol–water partition coefficient (Wildman–Crippen LogP) is 2.86. The molecule has 2 N–H and O–H groups in total. The number of ether oxygens (including phenoxy) is 3. The molecule has 7 heteroatoms. The summed E-state index contributed by atoms with van der Waals surface area (Å²) in [7, 11) is 4.62. The summed E-state index contributed by atoms with van der Waals surface area (Å²) in [6.07, 6.45) is 1.59. The lowest BCUT2D eigenvalue weighted by Crippen LogP contribution is -1.98. The molecule has 2 aromatic carbocycles. The number of benzene rings is 2. The van der Waals surface area contributed by atoms with Crippen LogP contribution in [0.15, 0.2) is 41.5 Å². The van der Waals surface area contributed by atoms with Crippen molar-refractivity contribution in [1.82, 2.24) is 0 Å². The fourth-order valence-electron chi connectivity index (χ4n) is 2.04. The highest BCUT2D eigenvalue weighted by Gasteiger charge is 2.12. The first-order valence-corrected chi connectivity index (χ1v) is 7.01. The highest BCUT2D eigenvalue weighted by molar-refractivity contribution is 5.88. The Balaban J connectivity index is 2.15. The molecule has 0 aliphatic heterocycles. The topological polar surface area (TPSA) is 89.4 Å². The number of anilines is 1. The molecule has 0 heterocycles. The predicted molar refractivity (Wildman–Crippen MR) is 90.7 cm³/mol. The Morgan fingerprint density at radius 3 is 2.08 bits per heavy atom. The second kappa shape index (κ2) is 7.87. The van der Waals surface area contributed by atoms with Crippen molar-refractivity contribution in [1.29, 1.82) is 0 Å². The number of carbonyl (C=O) groups is 1. The van der Waals surface area contributed by atoms with Crippen LogP contribution in [-0.4, -0.2) is 38.6 Å². The van der Waals surface area contributed by atoms with Crippen molar-refractivity contribution < 1.29 is 24.1 Å². The number of nitrogens with zero attached hydrogens (tertiary/aromatic N) is 1. The average molecular weight is 330 g/mol. The van der Waals surface area contributed by atoms with E-state index in [1.807, 2.05) is 0 Å². The van der Waals surface area contributed by atoms with Gasteiger partial charge in [-0.1, -0.05) is 0 Å². The molecule has 0 saturated carbocycles. The third-order valence-corrected chi connectivity index (χ3v) is 3.23. The van der Waals surface area contributed by atoms with Crippen molar-refractivity contribution in [3.8, 4) is 17.2 Å². The van der Waals surface area contributed by atoms with Crippen LogP contribution in [0.2, 0.25) is 0 Å².